The third kappa shape index (κ3) is 5.15. The lowest BCUT2D eigenvalue weighted by Gasteiger charge is -2.30. The number of carboxylic acid groups (broad SMARTS) is 1. The molecule has 1 atom stereocenters. The second kappa shape index (κ2) is 11.1. The van der Waals surface area contributed by atoms with Crippen LogP contribution in [0.2, 0.25) is 0 Å². The lowest BCUT2D eigenvalue weighted by atomic mass is 9.83. The third-order valence-electron chi connectivity index (χ3n) is 8.17. The van der Waals surface area contributed by atoms with Gasteiger partial charge in [0.2, 0.25) is 5.88 Å². The van der Waals surface area contributed by atoms with Gasteiger partial charge in [-0.2, -0.15) is 0 Å². The summed E-state index contributed by atoms with van der Waals surface area (Å²) in [5.41, 5.74) is 7.36. The fourth-order valence-electron chi connectivity index (χ4n) is 5.94. The average Bonchev–Trinajstić information content (AvgIpc) is 3.38. The van der Waals surface area contributed by atoms with E-state index in [4.69, 9.17) is 4.74 Å². The number of aryl methyl sites for hydroxylation is 2. The lowest BCUT2D eigenvalue weighted by molar-refractivity contribution is -0.137. The molecule has 4 aromatic rings. The van der Waals surface area contributed by atoms with Gasteiger partial charge in [0.25, 0.3) is 5.91 Å². The summed E-state index contributed by atoms with van der Waals surface area (Å²) in [5.74, 6) is -0.751. The summed E-state index contributed by atoms with van der Waals surface area (Å²) in [7, 11) is 0. The van der Waals surface area contributed by atoms with Crippen molar-refractivity contribution in [3.8, 4) is 5.88 Å². The number of aliphatic carboxylic acids is 1. The van der Waals surface area contributed by atoms with Crippen molar-refractivity contribution >= 4 is 22.9 Å². The van der Waals surface area contributed by atoms with Crippen LogP contribution >= 0.6 is 0 Å². The average molecular weight is 540 g/mol. The minimum Gasteiger partial charge on any atom is -0.481 e. The zero-order chi connectivity index (χ0) is 27.6. The van der Waals surface area contributed by atoms with Crippen molar-refractivity contribution in [1.82, 2.24) is 24.9 Å². The Morgan fingerprint density at radius 1 is 1.05 bits per heavy atom. The van der Waals surface area contributed by atoms with E-state index < -0.39 is 5.97 Å². The number of carbonyl (C=O) groups is 2. The van der Waals surface area contributed by atoms with E-state index in [0.29, 0.717) is 31.1 Å². The third-order valence-corrected chi connectivity index (χ3v) is 8.17. The Morgan fingerprint density at radius 2 is 1.93 bits per heavy atom. The van der Waals surface area contributed by atoms with Gasteiger partial charge >= 0.3 is 5.97 Å². The van der Waals surface area contributed by atoms with Gasteiger partial charge in [-0.15, -0.1) is 5.10 Å². The molecule has 2 aromatic carbocycles. The first-order chi connectivity index (χ1) is 19.5. The summed E-state index contributed by atoms with van der Waals surface area (Å²) in [4.78, 5) is 31.6. The monoisotopic (exact) mass is 539 g/mol. The predicted molar refractivity (Wildman–Crippen MR) is 149 cm³/mol. The maximum atomic E-state index is 13.3. The molecular weight excluding hydrogens is 506 g/mol. The number of benzene rings is 2. The van der Waals surface area contributed by atoms with Gasteiger partial charge in [-0.05, 0) is 72.6 Å². The van der Waals surface area contributed by atoms with E-state index in [1.165, 1.54) is 5.56 Å². The van der Waals surface area contributed by atoms with Crippen LogP contribution in [0.15, 0.2) is 48.7 Å². The first-order valence-electron chi connectivity index (χ1n) is 14.0. The number of aromatic nitrogens is 4. The maximum absolute atomic E-state index is 13.3. The highest BCUT2D eigenvalue weighted by Crippen LogP contribution is 2.35. The number of carboxylic acids is 1. The number of pyridine rings is 1. The Bertz CT molecular complexity index is 1560. The van der Waals surface area contributed by atoms with E-state index in [-0.39, 0.29) is 18.2 Å². The molecule has 0 spiro atoms. The highest BCUT2D eigenvalue weighted by Gasteiger charge is 2.26. The highest BCUT2D eigenvalue weighted by atomic mass is 16.5. The van der Waals surface area contributed by atoms with Crippen molar-refractivity contribution in [3.05, 3.63) is 82.0 Å². The number of hydrogen-bond acceptors (Lipinski definition) is 6. The number of nitrogens with zero attached hydrogens (tertiary/aromatic N) is 5. The van der Waals surface area contributed by atoms with E-state index >= 15 is 0 Å². The summed E-state index contributed by atoms with van der Waals surface area (Å²) in [6.45, 7) is 4.44. The van der Waals surface area contributed by atoms with Crippen molar-refractivity contribution < 1.29 is 19.4 Å². The van der Waals surface area contributed by atoms with Gasteiger partial charge in [-0.1, -0.05) is 35.9 Å². The minimum atomic E-state index is -0.861. The second-order valence-electron chi connectivity index (χ2n) is 10.8. The number of rotatable bonds is 2. The fourth-order valence-corrected chi connectivity index (χ4v) is 5.94. The molecule has 9 heteroatoms. The van der Waals surface area contributed by atoms with Gasteiger partial charge < -0.3 is 14.7 Å². The zero-order valence-electron chi connectivity index (χ0n) is 22.7. The quantitative estimate of drug-likeness (QED) is 0.386. The molecule has 7 heterocycles. The zero-order valence-corrected chi connectivity index (χ0v) is 22.7. The molecule has 9 rings (SSSR count). The molecule has 9 nitrogen and oxygen atoms in total. The smallest absolute Gasteiger partial charge is 0.304 e. The number of amides is 1. The summed E-state index contributed by atoms with van der Waals surface area (Å²) in [5, 5.41) is 18.8. The SMILES string of the molecule is Cc1c2ccc3c1nnn3CCCCCCOc1ccc(cn1)C(=O)N1CCc3ccc(cc3C1)C2CC(=O)O. The van der Waals surface area contributed by atoms with Crippen LogP contribution in [0, 0.1) is 6.92 Å². The van der Waals surface area contributed by atoms with E-state index in [1.807, 2.05) is 34.7 Å². The second-order valence-corrected chi connectivity index (χ2v) is 10.8. The van der Waals surface area contributed by atoms with Gasteiger partial charge in [0.05, 0.1) is 24.1 Å². The Morgan fingerprint density at radius 3 is 2.75 bits per heavy atom. The first-order valence-corrected chi connectivity index (χ1v) is 14.0. The topological polar surface area (TPSA) is 110 Å². The highest BCUT2D eigenvalue weighted by molar-refractivity contribution is 5.94. The predicted octanol–water partition coefficient (Wildman–Crippen LogP) is 4.89. The summed E-state index contributed by atoms with van der Waals surface area (Å²) in [6, 6.07) is 13.8. The molecule has 206 valence electrons. The largest absolute Gasteiger partial charge is 0.481 e. The molecule has 1 N–H and O–H groups in total. The van der Waals surface area contributed by atoms with Gasteiger partial charge in [0, 0.05) is 37.8 Å². The molecule has 0 saturated heterocycles. The van der Waals surface area contributed by atoms with Crippen molar-refractivity contribution in [1.29, 1.82) is 0 Å². The molecule has 1 unspecified atom stereocenters. The molecule has 0 saturated carbocycles. The molecule has 9 bridgehead atoms. The Hall–Kier alpha value is -4.27. The normalized spacial score (nSPS) is 18.0. The summed E-state index contributed by atoms with van der Waals surface area (Å²) < 4.78 is 7.75. The van der Waals surface area contributed by atoms with Crippen molar-refractivity contribution in [3.63, 3.8) is 0 Å². The van der Waals surface area contributed by atoms with E-state index in [9.17, 15) is 14.7 Å². The van der Waals surface area contributed by atoms with Crippen LogP contribution in [0.1, 0.15) is 76.2 Å². The minimum absolute atomic E-state index is 0.0397. The standard InChI is InChI=1S/C31H33N5O4/c1-20-25-9-10-27-30(20)33-34-36(27)13-4-2-3-5-15-40-28-11-8-23(18-32-28)31(39)35-14-12-21-6-7-22(16-24(21)19-35)26(25)17-29(37)38/h6-11,16,18,26H,2-5,12-15,17,19H2,1H3,(H,37,38). The van der Waals surface area contributed by atoms with Crippen molar-refractivity contribution in [2.75, 3.05) is 13.2 Å². The van der Waals surface area contributed by atoms with Crippen LogP contribution < -0.4 is 4.74 Å². The van der Waals surface area contributed by atoms with Crippen LogP contribution in [0.5, 0.6) is 5.88 Å². The van der Waals surface area contributed by atoms with E-state index in [1.54, 1.807) is 18.3 Å². The fraction of sp³-hybridized carbons (Fsp3) is 0.387. The Balaban J connectivity index is 1.39. The Labute approximate surface area is 232 Å². The molecule has 5 aliphatic rings. The molecule has 2 aromatic heterocycles. The summed E-state index contributed by atoms with van der Waals surface area (Å²) >= 11 is 0. The van der Waals surface area contributed by atoms with Gasteiger partial charge in [0.1, 0.15) is 5.52 Å². The van der Waals surface area contributed by atoms with Gasteiger partial charge in [0.15, 0.2) is 0 Å². The van der Waals surface area contributed by atoms with Crippen LogP contribution in [-0.2, 0) is 24.3 Å². The van der Waals surface area contributed by atoms with Crippen LogP contribution in [-0.4, -0.2) is 55.0 Å². The lowest BCUT2D eigenvalue weighted by Crippen LogP contribution is -2.36. The number of ether oxygens (including phenoxy) is 1. The molecule has 1 amide bonds. The van der Waals surface area contributed by atoms with Gasteiger partial charge in [-0.25, -0.2) is 9.67 Å². The van der Waals surface area contributed by atoms with E-state index in [2.05, 4.69) is 27.4 Å². The van der Waals surface area contributed by atoms with Crippen LogP contribution in [0.4, 0.5) is 0 Å². The molecule has 0 aliphatic carbocycles. The Kier molecular flexibility index (Phi) is 7.19. The molecular formula is C31H33N5O4. The van der Waals surface area contributed by atoms with Crippen molar-refractivity contribution in [2.24, 2.45) is 0 Å². The van der Waals surface area contributed by atoms with E-state index in [0.717, 1.165) is 71.9 Å². The van der Waals surface area contributed by atoms with Gasteiger partial charge in [-0.3, -0.25) is 9.59 Å². The van der Waals surface area contributed by atoms with Crippen LogP contribution in [0.3, 0.4) is 0 Å². The molecule has 40 heavy (non-hydrogen) atoms. The number of hydrogen-bond donors (Lipinski definition) is 1. The molecule has 0 fully saturated rings. The summed E-state index contributed by atoms with van der Waals surface area (Å²) in [6.07, 6.45) is 6.25. The number of carbonyl (C=O) groups excluding carboxylic acids is 1. The molecule has 5 aliphatic heterocycles. The maximum Gasteiger partial charge on any atom is 0.304 e. The van der Waals surface area contributed by atoms with Crippen LogP contribution in [0.25, 0.3) is 11.0 Å². The first kappa shape index (κ1) is 26.0. The van der Waals surface area contributed by atoms with Crippen molar-refractivity contribution in [2.45, 2.75) is 64.5 Å². The molecule has 0 radical (unpaired) electrons.